The Kier molecular flexibility index (Phi) is 3.28. The molecule has 1 aliphatic heterocycles. The summed E-state index contributed by atoms with van der Waals surface area (Å²) in [6.07, 6.45) is 0. The van der Waals surface area contributed by atoms with E-state index in [9.17, 15) is 9.59 Å². The van der Waals surface area contributed by atoms with Crippen LogP contribution in [0.3, 0.4) is 0 Å². The third-order valence-electron chi connectivity index (χ3n) is 4.17. The Balaban J connectivity index is 2.46. The standard InChI is InChI=1S/C15H20N6O2/c1-8(2)7-20-13(22)11-12(18(5)15(20)23)16-14-19(6)17-9(3)10(4)21(11)14/h10H,1,7H2,2-6H3/t10-/m0/s1. The van der Waals surface area contributed by atoms with Crippen LogP contribution in [0.5, 0.6) is 0 Å². The third kappa shape index (κ3) is 2.05. The Hall–Kier alpha value is -2.64. The highest BCUT2D eigenvalue weighted by Gasteiger charge is 2.29. The minimum Gasteiger partial charge on any atom is -0.294 e. The largest absolute Gasteiger partial charge is 0.332 e. The summed E-state index contributed by atoms with van der Waals surface area (Å²) >= 11 is 0. The van der Waals surface area contributed by atoms with E-state index in [4.69, 9.17) is 0 Å². The molecule has 0 aliphatic carbocycles. The van der Waals surface area contributed by atoms with Crippen LogP contribution in [0, 0.1) is 0 Å². The molecule has 0 aromatic carbocycles. The summed E-state index contributed by atoms with van der Waals surface area (Å²) in [5.41, 5.74) is 1.66. The lowest BCUT2D eigenvalue weighted by molar-refractivity contribution is 0.634. The number of hydrazone groups is 1. The van der Waals surface area contributed by atoms with Gasteiger partial charge in [0.05, 0.1) is 18.3 Å². The number of nitrogens with zero attached hydrogens (tertiary/aromatic N) is 6. The minimum atomic E-state index is -0.395. The molecular weight excluding hydrogens is 296 g/mol. The van der Waals surface area contributed by atoms with E-state index < -0.39 is 5.69 Å². The van der Waals surface area contributed by atoms with Crippen molar-refractivity contribution in [3.05, 3.63) is 33.0 Å². The van der Waals surface area contributed by atoms with Crippen molar-refractivity contribution in [1.82, 2.24) is 18.7 Å². The molecule has 0 unspecified atom stereocenters. The van der Waals surface area contributed by atoms with Crippen molar-refractivity contribution in [2.45, 2.75) is 33.4 Å². The fourth-order valence-electron chi connectivity index (χ4n) is 2.88. The molecule has 1 atom stereocenters. The first-order valence-corrected chi connectivity index (χ1v) is 7.39. The van der Waals surface area contributed by atoms with Crippen molar-refractivity contribution in [1.29, 1.82) is 0 Å². The van der Waals surface area contributed by atoms with E-state index in [1.807, 2.05) is 18.4 Å². The maximum Gasteiger partial charge on any atom is 0.332 e. The second-order valence-electron chi connectivity index (χ2n) is 6.08. The van der Waals surface area contributed by atoms with E-state index in [2.05, 4.69) is 16.7 Å². The zero-order valence-corrected chi connectivity index (χ0v) is 14.0. The van der Waals surface area contributed by atoms with Crippen LogP contribution >= 0.6 is 0 Å². The summed E-state index contributed by atoms with van der Waals surface area (Å²) in [6.45, 7) is 9.65. The molecule has 0 saturated carbocycles. The lowest BCUT2D eigenvalue weighted by Crippen LogP contribution is -2.40. The van der Waals surface area contributed by atoms with E-state index >= 15 is 0 Å². The number of imidazole rings is 1. The van der Waals surface area contributed by atoms with Crippen LogP contribution < -0.4 is 16.3 Å². The summed E-state index contributed by atoms with van der Waals surface area (Å²) < 4.78 is 4.45. The highest BCUT2D eigenvalue weighted by Crippen LogP contribution is 2.28. The van der Waals surface area contributed by atoms with Crippen LogP contribution in [-0.2, 0) is 13.6 Å². The van der Waals surface area contributed by atoms with Gasteiger partial charge in [-0.3, -0.25) is 18.5 Å². The van der Waals surface area contributed by atoms with Gasteiger partial charge >= 0.3 is 5.69 Å². The summed E-state index contributed by atoms with van der Waals surface area (Å²) in [4.78, 5) is 29.9. The van der Waals surface area contributed by atoms with Crippen LogP contribution in [0.4, 0.5) is 5.95 Å². The Morgan fingerprint density at radius 2 is 1.96 bits per heavy atom. The maximum absolute atomic E-state index is 12.9. The van der Waals surface area contributed by atoms with Gasteiger partial charge in [0.25, 0.3) is 5.56 Å². The molecule has 0 bridgehead atoms. The SMILES string of the molecule is C=C(C)Cn1c(=O)c2c(nc3n2[C@@H](C)C(C)=NN3C)n(C)c1=O. The second kappa shape index (κ2) is 4.94. The van der Waals surface area contributed by atoms with Gasteiger partial charge in [-0.15, -0.1) is 0 Å². The molecule has 0 N–H and O–H groups in total. The molecule has 122 valence electrons. The highest BCUT2D eigenvalue weighted by atomic mass is 16.2. The molecule has 8 nitrogen and oxygen atoms in total. The zero-order valence-electron chi connectivity index (χ0n) is 14.0. The van der Waals surface area contributed by atoms with Gasteiger partial charge < -0.3 is 0 Å². The number of hydrogen-bond acceptors (Lipinski definition) is 5. The smallest absolute Gasteiger partial charge is 0.294 e. The van der Waals surface area contributed by atoms with E-state index in [0.29, 0.717) is 17.1 Å². The van der Waals surface area contributed by atoms with Gasteiger partial charge in [-0.2, -0.15) is 10.1 Å². The molecule has 0 radical (unpaired) electrons. The fraction of sp³-hybridized carbons (Fsp3) is 0.467. The molecular formula is C15H20N6O2. The molecule has 23 heavy (non-hydrogen) atoms. The Bertz CT molecular complexity index is 974. The molecule has 3 heterocycles. The van der Waals surface area contributed by atoms with Gasteiger partial charge in [0.2, 0.25) is 5.95 Å². The Morgan fingerprint density at radius 3 is 2.57 bits per heavy atom. The van der Waals surface area contributed by atoms with E-state index in [1.54, 1.807) is 26.0 Å². The number of aryl methyl sites for hydroxylation is 1. The maximum atomic E-state index is 12.9. The number of fused-ring (bicyclic) bond motifs is 3. The topological polar surface area (TPSA) is 77.4 Å². The molecule has 0 saturated heterocycles. The zero-order chi connectivity index (χ0) is 17.0. The average molecular weight is 316 g/mol. The summed E-state index contributed by atoms with van der Waals surface area (Å²) in [7, 11) is 3.40. The molecule has 1 aliphatic rings. The molecule has 0 amide bonds. The quantitative estimate of drug-likeness (QED) is 0.770. The summed E-state index contributed by atoms with van der Waals surface area (Å²) in [5, 5.41) is 6.04. The third-order valence-corrected chi connectivity index (χ3v) is 4.17. The van der Waals surface area contributed by atoms with Gasteiger partial charge in [0.1, 0.15) is 0 Å². The van der Waals surface area contributed by atoms with Crippen LogP contribution in [0.2, 0.25) is 0 Å². The van der Waals surface area contributed by atoms with Crippen LogP contribution in [0.1, 0.15) is 26.8 Å². The van der Waals surface area contributed by atoms with Crippen molar-refractivity contribution >= 4 is 22.8 Å². The molecule has 2 aromatic rings. The van der Waals surface area contributed by atoms with Crippen molar-refractivity contribution < 1.29 is 0 Å². The monoisotopic (exact) mass is 316 g/mol. The van der Waals surface area contributed by atoms with Crippen LogP contribution in [0.15, 0.2) is 26.8 Å². The lowest BCUT2D eigenvalue weighted by Gasteiger charge is -2.26. The molecule has 3 rings (SSSR count). The van der Waals surface area contributed by atoms with E-state index in [1.165, 1.54) is 9.13 Å². The van der Waals surface area contributed by atoms with Crippen molar-refractivity contribution in [3.63, 3.8) is 0 Å². The average Bonchev–Trinajstić information content (AvgIpc) is 2.88. The molecule has 2 aromatic heterocycles. The molecule has 8 heteroatoms. The minimum absolute atomic E-state index is 0.102. The summed E-state index contributed by atoms with van der Waals surface area (Å²) in [6, 6.07) is -0.102. The Morgan fingerprint density at radius 1 is 1.30 bits per heavy atom. The van der Waals surface area contributed by atoms with E-state index in [0.717, 1.165) is 11.3 Å². The van der Waals surface area contributed by atoms with Crippen molar-refractivity contribution in [2.24, 2.45) is 12.1 Å². The van der Waals surface area contributed by atoms with Gasteiger partial charge in [0.15, 0.2) is 11.2 Å². The second-order valence-corrected chi connectivity index (χ2v) is 6.08. The van der Waals surface area contributed by atoms with Crippen LogP contribution in [-0.4, -0.2) is 31.4 Å². The number of aromatic nitrogens is 4. The number of rotatable bonds is 2. The predicted octanol–water partition coefficient (Wildman–Crippen LogP) is 0.859. The van der Waals surface area contributed by atoms with Crippen molar-refractivity contribution in [2.75, 3.05) is 12.1 Å². The lowest BCUT2D eigenvalue weighted by atomic mass is 10.2. The first kappa shape index (κ1) is 15.3. The first-order valence-electron chi connectivity index (χ1n) is 7.39. The van der Waals surface area contributed by atoms with Gasteiger partial charge in [0, 0.05) is 14.1 Å². The highest BCUT2D eigenvalue weighted by molar-refractivity contribution is 5.90. The van der Waals surface area contributed by atoms with Crippen molar-refractivity contribution in [3.8, 4) is 0 Å². The molecule has 0 spiro atoms. The number of hydrogen-bond donors (Lipinski definition) is 0. The predicted molar refractivity (Wildman–Crippen MR) is 90.3 cm³/mol. The number of anilines is 1. The normalized spacial score (nSPS) is 17.3. The Labute approximate surface area is 133 Å². The van der Waals surface area contributed by atoms with Crippen LogP contribution in [0.25, 0.3) is 11.2 Å². The van der Waals surface area contributed by atoms with Gasteiger partial charge in [-0.25, -0.2) is 9.80 Å². The van der Waals surface area contributed by atoms with E-state index in [-0.39, 0.29) is 18.1 Å². The summed E-state index contributed by atoms with van der Waals surface area (Å²) in [5.74, 6) is 0.554. The van der Waals surface area contributed by atoms with Gasteiger partial charge in [-0.05, 0) is 20.8 Å². The van der Waals surface area contributed by atoms with Gasteiger partial charge in [-0.1, -0.05) is 12.2 Å². The first-order chi connectivity index (χ1) is 10.7. The fourth-order valence-corrected chi connectivity index (χ4v) is 2.88. The molecule has 0 fully saturated rings. The number of allylic oxidation sites excluding steroid dienone is 1.